The first-order valence-electron chi connectivity index (χ1n) is 6.38. The van der Waals surface area contributed by atoms with Gasteiger partial charge in [-0.15, -0.1) is 0 Å². The van der Waals surface area contributed by atoms with Crippen molar-refractivity contribution in [1.29, 1.82) is 0 Å². The van der Waals surface area contributed by atoms with Crippen LogP contribution < -0.4 is 0 Å². The highest BCUT2D eigenvalue weighted by atomic mass is 35.5. The molecule has 1 saturated heterocycles. The Morgan fingerprint density at radius 2 is 2.00 bits per heavy atom. The predicted octanol–water partition coefficient (Wildman–Crippen LogP) is 2.48. The number of carboxylic acid groups (broad SMARTS) is 1. The van der Waals surface area contributed by atoms with Gasteiger partial charge in [0.15, 0.2) is 0 Å². The van der Waals surface area contributed by atoms with Crippen molar-refractivity contribution in [2.24, 2.45) is 5.92 Å². The van der Waals surface area contributed by atoms with Crippen LogP contribution in [0.5, 0.6) is 0 Å². The fourth-order valence-electron chi connectivity index (χ4n) is 2.84. The highest BCUT2D eigenvalue weighted by Crippen LogP contribution is 2.46. The summed E-state index contributed by atoms with van der Waals surface area (Å²) >= 11 is 6.18. The van der Waals surface area contributed by atoms with E-state index in [2.05, 4.69) is 0 Å². The van der Waals surface area contributed by atoms with Crippen molar-refractivity contribution < 1.29 is 14.7 Å². The molecule has 1 aliphatic heterocycles. The number of carbonyl (C=O) groups is 2. The van der Waals surface area contributed by atoms with Crippen molar-refractivity contribution in [3.05, 3.63) is 34.9 Å². The average Bonchev–Trinajstić information content (AvgIpc) is 3.13. The molecule has 1 N–H and O–H groups in total. The smallest absolute Gasteiger partial charge is 0.309 e. The molecule has 1 amide bonds. The Morgan fingerprint density at radius 3 is 2.58 bits per heavy atom. The number of carbonyl (C=O) groups excluding carboxylic acids is 1. The van der Waals surface area contributed by atoms with Gasteiger partial charge in [-0.25, -0.2) is 0 Å². The number of hydrogen-bond donors (Lipinski definition) is 1. The molecule has 1 aromatic carbocycles. The molecular formula is C14H14ClNO3. The number of halogens is 1. The lowest BCUT2D eigenvalue weighted by molar-refractivity contribution is -0.142. The second-order valence-corrected chi connectivity index (χ2v) is 5.55. The highest BCUT2D eigenvalue weighted by Gasteiger charge is 2.50. The number of nitrogens with zero attached hydrogens (tertiary/aromatic N) is 1. The molecule has 2 fully saturated rings. The van der Waals surface area contributed by atoms with Crippen molar-refractivity contribution in [3.8, 4) is 0 Å². The zero-order valence-electron chi connectivity index (χ0n) is 10.3. The van der Waals surface area contributed by atoms with E-state index in [0.29, 0.717) is 5.02 Å². The van der Waals surface area contributed by atoms with Gasteiger partial charge in [0, 0.05) is 17.5 Å². The van der Waals surface area contributed by atoms with E-state index in [9.17, 15) is 14.7 Å². The van der Waals surface area contributed by atoms with Crippen molar-refractivity contribution >= 4 is 23.5 Å². The van der Waals surface area contributed by atoms with Crippen LogP contribution in [0.25, 0.3) is 0 Å². The fourth-order valence-corrected chi connectivity index (χ4v) is 3.09. The summed E-state index contributed by atoms with van der Waals surface area (Å²) in [6.07, 6.45) is 1.99. The van der Waals surface area contributed by atoms with E-state index < -0.39 is 17.9 Å². The lowest BCUT2D eigenvalue weighted by Crippen LogP contribution is -2.32. The standard InChI is InChI=1S/C14H14ClNO3/c15-11-4-2-1-3-9(11)13-10(14(18)19)7-12(17)16(13)8-5-6-8/h1-4,8,10,13H,5-7H2,(H,18,19)/t10-,13-/m0/s1. The molecule has 2 aliphatic rings. The maximum Gasteiger partial charge on any atom is 0.309 e. The van der Waals surface area contributed by atoms with Crippen LogP contribution in [0.4, 0.5) is 0 Å². The molecular weight excluding hydrogens is 266 g/mol. The zero-order chi connectivity index (χ0) is 13.6. The maximum atomic E-state index is 12.1. The summed E-state index contributed by atoms with van der Waals surface area (Å²) in [5, 5.41) is 9.88. The van der Waals surface area contributed by atoms with Crippen molar-refractivity contribution in [1.82, 2.24) is 4.90 Å². The maximum absolute atomic E-state index is 12.1. The minimum absolute atomic E-state index is 0.0696. The highest BCUT2D eigenvalue weighted by molar-refractivity contribution is 6.31. The first-order valence-corrected chi connectivity index (χ1v) is 6.76. The lowest BCUT2D eigenvalue weighted by Gasteiger charge is -2.28. The average molecular weight is 280 g/mol. The van der Waals surface area contributed by atoms with E-state index in [1.807, 2.05) is 12.1 Å². The molecule has 19 heavy (non-hydrogen) atoms. The Hall–Kier alpha value is -1.55. The molecule has 0 radical (unpaired) electrons. The van der Waals surface area contributed by atoms with E-state index >= 15 is 0 Å². The van der Waals surface area contributed by atoms with Gasteiger partial charge in [-0.05, 0) is 24.5 Å². The number of aliphatic carboxylic acids is 1. The molecule has 1 aromatic rings. The van der Waals surface area contributed by atoms with Crippen LogP contribution in [0.3, 0.4) is 0 Å². The molecule has 3 rings (SSSR count). The third kappa shape index (κ3) is 2.10. The van der Waals surface area contributed by atoms with E-state index in [0.717, 1.165) is 18.4 Å². The molecule has 4 nitrogen and oxygen atoms in total. The summed E-state index contributed by atoms with van der Waals surface area (Å²) < 4.78 is 0. The third-order valence-corrected chi connectivity index (χ3v) is 4.19. The second-order valence-electron chi connectivity index (χ2n) is 5.15. The number of amides is 1. The third-order valence-electron chi connectivity index (χ3n) is 3.84. The van der Waals surface area contributed by atoms with Crippen LogP contribution >= 0.6 is 11.6 Å². The summed E-state index contributed by atoms with van der Waals surface area (Å²) in [6.45, 7) is 0. The summed E-state index contributed by atoms with van der Waals surface area (Å²) in [5.41, 5.74) is 0.745. The SMILES string of the molecule is O=C(O)[C@H]1CC(=O)N(C2CC2)[C@H]1c1ccccc1Cl. The Bertz CT molecular complexity index is 541. The van der Waals surface area contributed by atoms with Gasteiger partial charge in [-0.3, -0.25) is 9.59 Å². The van der Waals surface area contributed by atoms with Crippen LogP contribution in [0.15, 0.2) is 24.3 Å². The minimum Gasteiger partial charge on any atom is -0.481 e. The largest absolute Gasteiger partial charge is 0.481 e. The first-order chi connectivity index (χ1) is 9.09. The van der Waals surface area contributed by atoms with Gasteiger partial charge in [-0.1, -0.05) is 29.8 Å². The predicted molar refractivity (Wildman–Crippen MR) is 69.8 cm³/mol. The van der Waals surface area contributed by atoms with Gasteiger partial charge in [0.1, 0.15) is 0 Å². The normalized spacial score (nSPS) is 26.8. The molecule has 5 heteroatoms. The Labute approximate surface area is 116 Å². The second kappa shape index (κ2) is 4.53. The zero-order valence-corrected chi connectivity index (χ0v) is 11.0. The van der Waals surface area contributed by atoms with Gasteiger partial charge >= 0.3 is 5.97 Å². The van der Waals surface area contributed by atoms with Crippen LogP contribution in [0.1, 0.15) is 30.9 Å². The molecule has 0 unspecified atom stereocenters. The minimum atomic E-state index is -0.929. The van der Waals surface area contributed by atoms with Gasteiger partial charge in [-0.2, -0.15) is 0 Å². The van der Waals surface area contributed by atoms with Crippen LogP contribution in [0, 0.1) is 5.92 Å². The Morgan fingerprint density at radius 1 is 1.32 bits per heavy atom. The van der Waals surface area contributed by atoms with E-state index in [1.165, 1.54) is 0 Å². The number of hydrogen-bond acceptors (Lipinski definition) is 2. The Balaban J connectivity index is 2.04. The lowest BCUT2D eigenvalue weighted by atomic mass is 9.93. The van der Waals surface area contributed by atoms with Crippen LogP contribution in [-0.2, 0) is 9.59 Å². The van der Waals surface area contributed by atoms with E-state index in [4.69, 9.17) is 11.6 Å². The molecule has 0 aromatic heterocycles. The number of likely N-dealkylation sites (tertiary alicyclic amines) is 1. The van der Waals surface area contributed by atoms with Crippen LogP contribution in [-0.4, -0.2) is 27.9 Å². The van der Waals surface area contributed by atoms with Gasteiger partial charge in [0.05, 0.1) is 12.0 Å². The summed E-state index contributed by atoms with van der Waals surface area (Å²) in [5.74, 6) is -1.70. The number of benzene rings is 1. The van der Waals surface area contributed by atoms with E-state index in [-0.39, 0.29) is 18.4 Å². The quantitative estimate of drug-likeness (QED) is 0.925. The summed E-state index contributed by atoms with van der Waals surface area (Å²) in [4.78, 5) is 25.2. The van der Waals surface area contributed by atoms with Crippen LogP contribution in [0.2, 0.25) is 5.02 Å². The fraction of sp³-hybridized carbons (Fsp3) is 0.429. The molecule has 100 valence electrons. The number of carboxylic acids is 1. The van der Waals surface area contributed by atoms with Gasteiger partial charge < -0.3 is 10.0 Å². The monoisotopic (exact) mass is 279 g/mol. The summed E-state index contributed by atoms with van der Waals surface area (Å²) in [7, 11) is 0. The van der Waals surface area contributed by atoms with Gasteiger partial charge in [0.25, 0.3) is 0 Å². The molecule has 1 aliphatic carbocycles. The summed E-state index contributed by atoms with van der Waals surface area (Å²) in [6, 6.07) is 6.96. The Kier molecular flexibility index (Phi) is 2.97. The molecule has 0 bridgehead atoms. The van der Waals surface area contributed by atoms with E-state index in [1.54, 1.807) is 17.0 Å². The first kappa shape index (κ1) is 12.5. The molecule has 1 saturated carbocycles. The van der Waals surface area contributed by atoms with Crippen molar-refractivity contribution in [2.75, 3.05) is 0 Å². The molecule has 0 spiro atoms. The van der Waals surface area contributed by atoms with Gasteiger partial charge in [0.2, 0.25) is 5.91 Å². The molecule has 2 atom stereocenters. The number of rotatable bonds is 3. The van der Waals surface area contributed by atoms with Crippen molar-refractivity contribution in [2.45, 2.75) is 31.3 Å². The topological polar surface area (TPSA) is 57.6 Å². The van der Waals surface area contributed by atoms with Crippen molar-refractivity contribution in [3.63, 3.8) is 0 Å². The molecule has 1 heterocycles.